The zero-order chi connectivity index (χ0) is 12.6. The Balaban J connectivity index is 2.98. The number of carbonyl (C=O) groups excluding carboxylic acids is 1. The number of carbonyl (C=O) groups is 1. The lowest BCUT2D eigenvalue weighted by Gasteiger charge is -2.00. The summed E-state index contributed by atoms with van der Waals surface area (Å²) in [5.74, 6) is 0. The van der Waals surface area contributed by atoms with Gasteiger partial charge in [0.1, 0.15) is 6.29 Å². The molecular formula is C16H28O. The minimum Gasteiger partial charge on any atom is -0.299 e. The summed E-state index contributed by atoms with van der Waals surface area (Å²) in [7, 11) is 0. The van der Waals surface area contributed by atoms with Crippen molar-refractivity contribution in [1.29, 1.82) is 0 Å². The van der Waals surface area contributed by atoms with Crippen molar-refractivity contribution in [3.63, 3.8) is 0 Å². The zero-order valence-corrected chi connectivity index (χ0v) is 11.4. The fourth-order valence-electron chi connectivity index (χ4n) is 1.90. The maximum Gasteiger partial charge on any atom is 0.142 e. The minimum atomic E-state index is 0.855. The summed E-state index contributed by atoms with van der Waals surface area (Å²) in [6, 6.07) is 0. The Morgan fingerprint density at radius 1 is 0.706 bits per heavy atom. The fraction of sp³-hybridized carbons (Fsp3) is 0.688. The van der Waals surface area contributed by atoms with E-state index in [9.17, 15) is 4.79 Å². The van der Waals surface area contributed by atoms with Crippen LogP contribution in [0.1, 0.15) is 71.1 Å². The molecule has 0 amide bonds. The van der Waals surface area contributed by atoms with E-state index < -0.39 is 0 Å². The van der Waals surface area contributed by atoms with E-state index >= 15 is 0 Å². The maximum absolute atomic E-state index is 10.0. The molecule has 1 heteroatoms. The minimum absolute atomic E-state index is 0.855. The van der Waals surface area contributed by atoms with Gasteiger partial charge in [-0.1, -0.05) is 56.8 Å². The lowest BCUT2D eigenvalue weighted by atomic mass is 10.1. The number of aldehydes is 1. The molecule has 0 radical (unpaired) electrons. The fourth-order valence-corrected chi connectivity index (χ4v) is 1.90. The molecule has 0 N–H and O–H groups in total. The molecule has 0 rings (SSSR count). The van der Waals surface area contributed by atoms with Crippen LogP contribution in [-0.4, -0.2) is 6.29 Å². The second kappa shape index (κ2) is 15.1. The Kier molecular flexibility index (Phi) is 14.4. The van der Waals surface area contributed by atoms with E-state index in [4.69, 9.17) is 0 Å². The molecule has 0 heterocycles. The third-order valence-electron chi connectivity index (χ3n) is 2.94. The Labute approximate surface area is 107 Å². The summed E-state index contributed by atoms with van der Waals surface area (Å²) in [4.78, 5) is 10.0. The number of allylic oxidation sites excluding steroid dienone is 4. The standard InChI is InChI=1S/C16H28O/c1-2-3-4-5-6-7-8-9-10-11-12-13-14-15-16-17/h2-3,14-16H,4-13H2,1H3. The van der Waals surface area contributed by atoms with E-state index in [-0.39, 0.29) is 0 Å². The molecule has 17 heavy (non-hydrogen) atoms. The van der Waals surface area contributed by atoms with Crippen molar-refractivity contribution in [3.05, 3.63) is 24.3 Å². The monoisotopic (exact) mass is 236 g/mol. The second-order valence-electron chi connectivity index (χ2n) is 4.54. The number of hydrogen-bond acceptors (Lipinski definition) is 1. The van der Waals surface area contributed by atoms with Crippen LogP contribution in [0.25, 0.3) is 0 Å². The number of rotatable bonds is 12. The van der Waals surface area contributed by atoms with Gasteiger partial charge in [0.25, 0.3) is 0 Å². The van der Waals surface area contributed by atoms with Crippen molar-refractivity contribution >= 4 is 6.29 Å². The van der Waals surface area contributed by atoms with Crippen LogP contribution in [-0.2, 0) is 4.79 Å². The van der Waals surface area contributed by atoms with Crippen LogP contribution in [0.5, 0.6) is 0 Å². The quantitative estimate of drug-likeness (QED) is 0.196. The van der Waals surface area contributed by atoms with Crippen molar-refractivity contribution in [3.8, 4) is 0 Å². The van der Waals surface area contributed by atoms with Crippen molar-refractivity contribution in [2.75, 3.05) is 0 Å². The molecule has 0 aromatic rings. The van der Waals surface area contributed by atoms with E-state index in [1.807, 2.05) is 6.08 Å². The van der Waals surface area contributed by atoms with Crippen molar-refractivity contribution in [2.24, 2.45) is 0 Å². The normalized spacial score (nSPS) is 11.6. The average molecular weight is 236 g/mol. The van der Waals surface area contributed by atoms with E-state index in [0.29, 0.717) is 0 Å². The molecule has 0 aromatic heterocycles. The zero-order valence-electron chi connectivity index (χ0n) is 11.4. The van der Waals surface area contributed by atoms with Crippen molar-refractivity contribution in [1.82, 2.24) is 0 Å². The highest BCUT2D eigenvalue weighted by atomic mass is 16.1. The molecule has 0 saturated heterocycles. The van der Waals surface area contributed by atoms with Gasteiger partial charge in [0.05, 0.1) is 0 Å². The third-order valence-corrected chi connectivity index (χ3v) is 2.94. The van der Waals surface area contributed by atoms with E-state index in [1.165, 1.54) is 57.8 Å². The molecule has 0 atom stereocenters. The number of hydrogen-bond donors (Lipinski definition) is 0. The first-order valence-electron chi connectivity index (χ1n) is 7.13. The molecular weight excluding hydrogens is 208 g/mol. The first-order valence-corrected chi connectivity index (χ1v) is 7.13. The summed E-state index contributed by atoms with van der Waals surface area (Å²) in [5.41, 5.74) is 0. The van der Waals surface area contributed by atoms with Crippen LogP contribution in [0.15, 0.2) is 24.3 Å². The molecule has 0 spiro atoms. The summed E-state index contributed by atoms with van der Waals surface area (Å²) < 4.78 is 0. The molecule has 0 saturated carbocycles. The topological polar surface area (TPSA) is 17.1 Å². The van der Waals surface area contributed by atoms with Gasteiger partial charge in [-0.25, -0.2) is 0 Å². The van der Waals surface area contributed by atoms with Gasteiger partial charge in [-0.2, -0.15) is 0 Å². The highest BCUT2D eigenvalue weighted by molar-refractivity contribution is 5.64. The SMILES string of the molecule is CC=CCCCCCCCCCCC=CC=O. The summed E-state index contributed by atoms with van der Waals surface area (Å²) in [5, 5.41) is 0. The van der Waals surface area contributed by atoms with Crippen LogP contribution >= 0.6 is 0 Å². The molecule has 0 unspecified atom stereocenters. The van der Waals surface area contributed by atoms with Gasteiger partial charge in [0.15, 0.2) is 0 Å². The number of unbranched alkanes of at least 4 members (excludes halogenated alkanes) is 9. The molecule has 0 aliphatic rings. The summed E-state index contributed by atoms with van der Waals surface area (Å²) in [6.45, 7) is 2.09. The predicted molar refractivity (Wildman–Crippen MR) is 76.2 cm³/mol. The molecule has 0 fully saturated rings. The largest absolute Gasteiger partial charge is 0.299 e. The van der Waals surface area contributed by atoms with E-state index in [1.54, 1.807) is 6.08 Å². The van der Waals surface area contributed by atoms with Crippen LogP contribution < -0.4 is 0 Å². The summed E-state index contributed by atoms with van der Waals surface area (Å²) in [6.07, 6.45) is 21.9. The Hall–Kier alpha value is -0.850. The molecule has 1 nitrogen and oxygen atoms in total. The molecule has 0 bridgehead atoms. The predicted octanol–water partition coefficient (Wildman–Crippen LogP) is 5.22. The highest BCUT2D eigenvalue weighted by Crippen LogP contribution is 2.10. The Morgan fingerprint density at radius 2 is 1.18 bits per heavy atom. The lowest BCUT2D eigenvalue weighted by molar-refractivity contribution is -0.104. The van der Waals surface area contributed by atoms with Gasteiger partial charge in [0, 0.05) is 0 Å². The maximum atomic E-state index is 10.0. The van der Waals surface area contributed by atoms with Gasteiger partial charge >= 0.3 is 0 Å². The van der Waals surface area contributed by atoms with Gasteiger partial charge in [-0.05, 0) is 38.7 Å². The Morgan fingerprint density at radius 3 is 1.65 bits per heavy atom. The lowest BCUT2D eigenvalue weighted by Crippen LogP contribution is -1.81. The van der Waals surface area contributed by atoms with E-state index in [0.717, 1.165) is 12.7 Å². The molecule has 0 aromatic carbocycles. The van der Waals surface area contributed by atoms with Gasteiger partial charge in [-0.15, -0.1) is 0 Å². The van der Waals surface area contributed by atoms with Crippen LogP contribution in [0, 0.1) is 0 Å². The molecule has 0 aliphatic heterocycles. The third kappa shape index (κ3) is 15.1. The van der Waals surface area contributed by atoms with Crippen molar-refractivity contribution < 1.29 is 4.79 Å². The average Bonchev–Trinajstić information content (AvgIpc) is 2.35. The van der Waals surface area contributed by atoms with Crippen LogP contribution in [0.4, 0.5) is 0 Å². The smallest absolute Gasteiger partial charge is 0.142 e. The van der Waals surface area contributed by atoms with Gasteiger partial charge < -0.3 is 0 Å². The first-order chi connectivity index (χ1) is 8.41. The van der Waals surface area contributed by atoms with Crippen LogP contribution in [0.3, 0.4) is 0 Å². The summed E-state index contributed by atoms with van der Waals surface area (Å²) >= 11 is 0. The molecule has 98 valence electrons. The highest BCUT2D eigenvalue weighted by Gasteiger charge is 1.91. The van der Waals surface area contributed by atoms with E-state index in [2.05, 4.69) is 19.1 Å². The van der Waals surface area contributed by atoms with Gasteiger partial charge in [0.2, 0.25) is 0 Å². The first kappa shape index (κ1) is 16.1. The second-order valence-corrected chi connectivity index (χ2v) is 4.54. The van der Waals surface area contributed by atoms with Gasteiger partial charge in [-0.3, -0.25) is 4.79 Å². The Bertz CT molecular complexity index is 204. The van der Waals surface area contributed by atoms with Crippen LogP contribution in [0.2, 0.25) is 0 Å². The molecule has 0 aliphatic carbocycles. The van der Waals surface area contributed by atoms with Crippen molar-refractivity contribution in [2.45, 2.75) is 71.1 Å².